The molecule has 15 heavy (non-hydrogen) atoms. The van der Waals surface area contributed by atoms with Crippen LogP contribution in [0.5, 0.6) is 0 Å². The Morgan fingerprint density at radius 3 is 2.20 bits per heavy atom. The third-order valence-electron chi connectivity index (χ3n) is 2.10. The fourth-order valence-electron chi connectivity index (χ4n) is 1.08. The Morgan fingerprint density at radius 1 is 1.13 bits per heavy atom. The molecule has 0 unspecified atom stereocenters. The van der Waals surface area contributed by atoms with Crippen LogP contribution in [-0.2, 0) is 5.92 Å². The van der Waals surface area contributed by atoms with Gasteiger partial charge in [0.05, 0.1) is 0 Å². The summed E-state index contributed by atoms with van der Waals surface area (Å²) in [6, 6.07) is 0. The predicted octanol–water partition coefficient (Wildman–Crippen LogP) is 2.34. The van der Waals surface area contributed by atoms with E-state index in [0.717, 1.165) is 12.8 Å². The number of nitrogens with one attached hydrogen (secondary N) is 1. The molecular formula is C7H6F5N3. The lowest BCUT2D eigenvalue weighted by atomic mass is 10.3. The first-order valence-electron chi connectivity index (χ1n) is 4.19. The van der Waals surface area contributed by atoms with Crippen LogP contribution in [0.4, 0.5) is 22.0 Å². The normalized spacial score (nSPS) is 18.2. The van der Waals surface area contributed by atoms with E-state index in [0.29, 0.717) is 0 Å². The van der Waals surface area contributed by atoms with Crippen LogP contribution in [0.25, 0.3) is 0 Å². The van der Waals surface area contributed by atoms with Gasteiger partial charge in [-0.3, -0.25) is 5.10 Å². The summed E-state index contributed by atoms with van der Waals surface area (Å²) in [7, 11) is 0. The molecule has 1 saturated carbocycles. The van der Waals surface area contributed by atoms with Gasteiger partial charge in [0, 0.05) is 5.92 Å². The number of alkyl halides is 5. The molecule has 1 aromatic rings. The molecule has 1 aliphatic rings. The maximum absolute atomic E-state index is 12.7. The fraction of sp³-hybridized carbons (Fsp3) is 0.714. The summed E-state index contributed by atoms with van der Waals surface area (Å²) in [4.78, 5) is 3.17. The molecule has 1 fully saturated rings. The zero-order valence-corrected chi connectivity index (χ0v) is 7.28. The Hall–Kier alpha value is -1.21. The smallest absolute Gasteiger partial charge is 0.263 e. The molecule has 1 aliphatic carbocycles. The van der Waals surface area contributed by atoms with Crippen molar-refractivity contribution in [2.24, 2.45) is 0 Å². The number of aromatic nitrogens is 3. The van der Waals surface area contributed by atoms with Crippen molar-refractivity contribution in [3.8, 4) is 0 Å². The van der Waals surface area contributed by atoms with E-state index in [1.807, 2.05) is 0 Å². The average Bonchev–Trinajstić information content (AvgIpc) is 2.81. The summed E-state index contributed by atoms with van der Waals surface area (Å²) in [6.07, 6.45) is -4.17. The SMILES string of the molecule is FC(F)(F)C(F)(F)c1n[nH]c(C2CC2)n1. The first-order valence-corrected chi connectivity index (χ1v) is 4.19. The van der Waals surface area contributed by atoms with Gasteiger partial charge < -0.3 is 0 Å². The van der Waals surface area contributed by atoms with E-state index >= 15 is 0 Å². The Kier molecular flexibility index (Phi) is 1.99. The molecule has 0 amide bonds. The summed E-state index contributed by atoms with van der Waals surface area (Å²) < 4.78 is 61.1. The Morgan fingerprint density at radius 2 is 1.73 bits per heavy atom. The number of halogens is 5. The van der Waals surface area contributed by atoms with Crippen LogP contribution in [-0.4, -0.2) is 21.4 Å². The van der Waals surface area contributed by atoms with E-state index < -0.39 is 17.9 Å². The van der Waals surface area contributed by atoms with Gasteiger partial charge in [0.25, 0.3) is 0 Å². The van der Waals surface area contributed by atoms with Gasteiger partial charge in [-0.05, 0) is 12.8 Å². The predicted molar refractivity (Wildman–Crippen MR) is 38.3 cm³/mol. The highest BCUT2D eigenvalue weighted by Crippen LogP contribution is 2.44. The third kappa shape index (κ3) is 1.68. The van der Waals surface area contributed by atoms with Crippen LogP contribution in [0, 0.1) is 0 Å². The molecular weight excluding hydrogens is 221 g/mol. The molecule has 0 radical (unpaired) electrons. The monoisotopic (exact) mass is 227 g/mol. The lowest BCUT2D eigenvalue weighted by Crippen LogP contribution is -2.34. The van der Waals surface area contributed by atoms with Crippen molar-refractivity contribution >= 4 is 0 Å². The summed E-state index contributed by atoms with van der Waals surface area (Å²) in [6.45, 7) is 0. The van der Waals surface area contributed by atoms with Crippen molar-refractivity contribution in [1.82, 2.24) is 15.2 Å². The second-order valence-corrected chi connectivity index (χ2v) is 3.39. The van der Waals surface area contributed by atoms with E-state index in [2.05, 4.69) is 15.2 Å². The summed E-state index contributed by atoms with van der Waals surface area (Å²) in [5.74, 6) is -6.43. The van der Waals surface area contributed by atoms with Crippen molar-refractivity contribution in [2.75, 3.05) is 0 Å². The topological polar surface area (TPSA) is 41.6 Å². The second-order valence-electron chi connectivity index (χ2n) is 3.39. The van der Waals surface area contributed by atoms with Crippen LogP contribution < -0.4 is 0 Å². The highest BCUT2D eigenvalue weighted by Gasteiger charge is 2.61. The van der Waals surface area contributed by atoms with Gasteiger partial charge in [-0.25, -0.2) is 4.98 Å². The minimum atomic E-state index is -5.66. The molecule has 84 valence electrons. The molecule has 0 aromatic carbocycles. The minimum Gasteiger partial charge on any atom is -0.263 e. The maximum Gasteiger partial charge on any atom is 0.461 e. The second kappa shape index (κ2) is 2.89. The number of aromatic amines is 1. The molecule has 2 rings (SSSR count). The van der Waals surface area contributed by atoms with Crippen molar-refractivity contribution < 1.29 is 22.0 Å². The first-order chi connectivity index (χ1) is 6.82. The Labute approximate surface area is 80.7 Å². The third-order valence-corrected chi connectivity index (χ3v) is 2.10. The van der Waals surface area contributed by atoms with Crippen LogP contribution in [0.3, 0.4) is 0 Å². The van der Waals surface area contributed by atoms with E-state index in [4.69, 9.17) is 0 Å². The van der Waals surface area contributed by atoms with E-state index in [-0.39, 0.29) is 11.7 Å². The van der Waals surface area contributed by atoms with Crippen LogP contribution >= 0.6 is 0 Å². The summed E-state index contributed by atoms with van der Waals surface area (Å²) >= 11 is 0. The molecule has 1 aromatic heterocycles. The lowest BCUT2D eigenvalue weighted by Gasteiger charge is -2.15. The highest BCUT2D eigenvalue weighted by molar-refractivity contribution is 5.08. The molecule has 8 heteroatoms. The largest absolute Gasteiger partial charge is 0.461 e. The van der Waals surface area contributed by atoms with E-state index in [1.54, 1.807) is 0 Å². The van der Waals surface area contributed by atoms with Gasteiger partial charge in [-0.2, -0.15) is 27.1 Å². The first kappa shape index (κ1) is 10.3. The summed E-state index contributed by atoms with van der Waals surface area (Å²) in [5.41, 5.74) is 0. The minimum absolute atomic E-state index is 0.0460. The number of H-pyrrole nitrogens is 1. The highest BCUT2D eigenvalue weighted by atomic mass is 19.4. The number of rotatable bonds is 2. The average molecular weight is 227 g/mol. The van der Waals surface area contributed by atoms with Crippen LogP contribution in [0.2, 0.25) is 0 Å². The molecule has 1 heterocycles. The lowest BCUT2D eigenvalue weighted by molar-refractivity contribution is -0.292. The number of nitrogens with zero attached hydrogens (tertiary/aromatic N) is 2. The summed E-state index contributed by atoms with van der Waals surface area (Å²) in [5, 5.41) is 5.01. The quantitative estimate of drug-likeness (QED) is 0.788. The molecule has 0 saturated heterocycles. The standard InChI is InChI=1S/C7H6F5N3/c8-6(9,7(10,11)12)5-13-4(14-15-5)3-1-2-3/h3H,1-2H2,(H,13,14,15). The molecule has 3 nitrogen and oxygen atoms in total. The van der Waals surface area contributed by atoms with E-state index in [1.165, 1.54) is 0 Å². The maximum atomic E-state index is 12.7. The fourth-order valence-corrected chi connectivity index (χ4v) is 1.08. The molecule has 0 spiro atoms. The molecule has 1 N–H and O–H groups in total. The zero-order valence-electron chi connectivity index (χ0n) is 7.28. The van der Waals surface area contributed by atoms with Gasteiger partial charge in [0.15, 0.2) is 0 Å². The molecule has 0 atom stereocenters. The van der Waals surface area contributed by atoms with Crippen molar-refractivity contribution in [2.45, 2.75) is 30.9 Å². The van der Waals surface area contributed by atoms with Gasteiger partial charge in [-0.1, -0.05) is 0 Å². The van der Waals surface area contributed by atoms with Gasteiger partial charge in [-0.15, -0.1) is 0 Å². The number of hydrogen-bond donors (Lipinski definition) is 1. The van der Waals surface area contributed by atoms with Crippen LogP contribution in [0.15, 0.2) is 0 Å². The number of hydrogen-bond acceptors (Lipinski definition) is 2. The van der Waals surface area contributed by atoms with Gasteiger partial charge in [0.1, 0.15) is 5.82 Å². The molecule has 0 aliphatic heterocycles. The zero-order chi connectivity index (χ0) is 11.3. The Bertz CT molecular complexity index is 365. The van der Waals surface area contributed by atoms with Crippen molar-refractivity contribution in [1.29, 1.82) is 0 Å². The Balaban J connectivity index is 2.27. The van der Waals surface area contributed by atoms with Crippen molar-refractivity contribution in [3.05, 3.63) is 11.6 Å². The molecule has 0 bridgehead atoms. The van der Waals surface area contributed by atoms with Gasteiger partial charge >= 0.3 is 12.1 Å². The van der Waals surface area contributed by atoms with Gasteiger partial charge in [0.2, 0.25) is 5.82 Å². The van der Waals surface area contributed by atoms with E-state index in [9.17, 15) is 22.0 Å². The van der Waals surface area contributed by atoms with Crippen LogP contribution in [0.1, 0.15) is 30.4 Å². The van der Waals surface area contributed by atoms with Crippen molar-refractivity contribution in [3.63, 3.8) is 0 Å².